The Bertz CT molecular complexity index is 2700. The van der Waals surface area contributed by atoms with E-state index >= 15 is 0 Å². The van der Waals surface area contributed by atoms with Crippen LogP contribution in [-0.4, -0.2) is 90.2 Å². The minimum Gasteiger partial charge on any atom is -0.505 e. The lowest BCUT2D eigenvalue weighted by Gasteiger charge is -2.14. The fraction of sp³-hybridized carbons (Fsp3) is 0.214. The molecule has 0 aliphatic carbocycles. The van der Waals surface area contributed by atoms with Gasteiger partial charge in [0, 0.05) is 6.07 Å². The summed E-state index contributed by atoms with van der Waals surface area (Å²) in [6.45, 7) is 0.185. The van der Waals surface area contributed by atoms with Crippen molar-refractivity contribution >= 4 is 104 Å². The monoisotopic (exact) mass is 947 g/mol. The van der Waals surface area contributed by atoms with Crippen LogP contribution in [0.25, 0.3) is 10.8 Å². The lowest BCUT2D eigenvalue weighted by Crippen LogP contribution is -2.15. The molecule has 0 saturated heterocycles. The van der Waals surface area contributed by atoms with Crippen molar-refractivity contribution < 1.29 is 90.2 Å². The molecular formula is C28H29N5O20S6. The van der Waals surface area contributed by atoms with Gasteiger partial charge in [0.2, 0.25) is 0 Å². The highest BCUT2D eigenvalue weighted by Gasteiger charge is 2.26. The Morgan fingerprint density at radius 3 is 2.02 bits per heavy atom. The molecule has 25 nitrogen and oxygen atoms in total. The number of rotatable bonds is 21. The maximum Gasteiger partial charge on any atom is 0.397 e. The van der Waals surface area contributed by atoms with Gasteiger partial charge in [-0.2, -0.15) is 21.9 Å². The first-order valence-corrected chi connectivity index (χ1v) is 22.9. The van der Waals surface area contributed by atoms with E-state index in [1.54, 1.807) is 0 Å². The minimum atomic E-state index is -5.13. The van der Waals surface area contributed by atoms with Gasteiger partial charge in [-0.15, -0.1) is 24.0 Å². The van der Waals surface area contributed by atoms with Gasteiger partial charge in [-0.05, 0) is 60.3 Å². The normalized spacial score (nSPS) is 12.9. The Hall–Kier alpha value is -4.16. The first-order valence-electron chi connectivity index (χ1n) is 15.3. The van der Waals surface area contributed by atoms with E-state index in [-0.39, 0.29) is 79.1 Å². The predicted molar refractivity (Wildman–Crippen MR) is 203 cm³/mol. The van der Waals surface area contributed by atoms with Crippen molar-refractivity contribution in [2.45, 2.75) is 26.5 Å². The van der Waals surface area contributed by atoms with Crippen LogP contribution in [0.5, 0.6) is 11.5 Å². The van der Waals surface area contributed by atoms with Crippen LogP contribution in [0.1, 0.15) is 5.56 Å². The van der Waals surface area contributed by atoms with Crippen molar-refractivity contribution in [3.8, 4) is 11.5 Å². The van der Waals surface area contributed by atoms with Gasteiger partial charge >= 0.3 is 10.4 Å². The fourth-order valence-electron chi connectivity index (χ4n) is 4.87. The van der Waals surface area contributed by atoms with E-state index in [4.69, 9.17) is 29.7 Å². The van der Waals surface area contributed by atoms with Crippen LogP contribution in [0.15, 0.2) is 88.6 Å². The molecule has 0 atom stereocenters. The van der Waals surface area contributed by atoms with Crippen molar-refractivity contribution in [1.82, 2.24) is 0 Å². The molecule has 4 aromatic rings. The van der Waals surface area contributed by atoms with Crippen LogP contribution >= 0.6 is 24.4 Å². The van der Waals surface area contributed by atoms with Crippen LogP contribution < -0.4 is 10.5 Å². The number of phenolic OH excluding ortho intramolecular Hbond substituents is 1. The Labute approximate surface area is 342 Å². The average Bonchev–Trinajstić information content (AvgIpc) is 3.15. The highest BCUT2D eigenvalue weighted by atomic mass is 32.3. The number of benzene rings is 4. The molecular weight excluding hydrogens is 919 g/mol. The van der Waals surface area contributed by atoms with Crippen molar-refractivity contribution in [3.05, 3.63) is 54.1 Å². The molecule has 0 fully saturated rings. The smallest absolute Gasteiger partial charge is 0.397 e. The third-order valence-electron chi connectivity index (χ3n) is 7.40. The topological polar surface area (TPSA) is 378 Å². The van der Waals surface area contributed by atoms with E-state index in [2.05, 4.69) is 43.4 Å². The number of aryl methyl sites for hydroxylation is 1. The Morgan fingerprint density at radius 2 is 1.41 bits per heavy atom. The fourth-order valence-corrected chi connectivity index (χ4v) is 9.21. The van der Waals surface area contributed by atoms with Crippen LogP contribution in [-0.2, 0) is 67.3 Å². The number of anilines is 1. The van der Waals surface area contributed by atoms with E-state index in [1.165, 1.54) is 20.1 Å². The first kappa shape index (κ1) is 47.5. The molecule has 0 saturated carbocycles. The number of nitrogens with two attached hydrogens (primary N) is 1. The summed E-state index contributed by atoms with van der Waals surface area (Å²) in [6, 6.07) is 8.81. The molecule has 4 aromatic carbocycles. The molecule has 0 aliphatic heterocycles. The van der Waals surface area contributed by atoms with Crippen LogP contribution in [0, 0.1) is 6.92 Å². The molecule has 0 aromatic heterocycles. The Morgan fingerprint density at radius 1 is 0.763 bits per heavy atom. The largest absolute Gasteiger partial charge is 0.505 e. The van der Waals surface area contributed by atoms with E-state index in [1.807, 2.05) is 0 Å². The number of ether oxygens (including phenoxy) is 1. The number of fused-ring (bicyclic) bond motifs is 1. The number of aromatic hydroxyl groups is 1. The van der Waals surface area contributed by atoms with Gasteiger partial charge in [-0.25, -0.2) is 31.5 Å². The zero-order valence-electron chi connectivity index (χ0n) is 29.6. The summed E-state index contributed by atoms with van der Waals surface area (Å²) in [5, 5.41) is 50.8. The highest BCUT2D eigenvalue weighted by molar-refractivity contribution is 7.94. The third kappa shape index (κ3) is 12.4. The van der Waals surface area contributed by atoms with Crippen molar-refractivity contribution in [2.24, 2.45) is 20.5 Å². The lowest BCUT2D eigenvalue weighted by molar-refractivity contribution is -0.434. The van der Waals surface area contributed by atoms with Crippen LogP contribution in [0.3, 0.4) is 0 Å². The molecule has 0 aliphatic rings. The zero-order valence-corrected chi connectivity index (χ0v) is 34.5. The number of azo groups is 2. The van der Waals surface area contributed by atoms with Gasteiger partial charge in [-0.3, -0.25) is 13.3 Å². The quantitative estimate of drug-likeness (QED) is 0.0117. The molecule has 0 unspecified atom stereocenters. The van der Waals surface area contributed by atoms with Crippen molar-refractivity contribution in [2.75, 3.05) is 37.6 Å². The van der Waals surface area contributed by atoms with E-state index < -0.39 is 86.0 Å². The molecule has 0 heterocycles. The average molecular weight is 948 g/mol. The molecule has 7 N–H and O–H groups in total. The summed E-state index contributed by atoms with van der Waals surface area (Å²) < 4.78 is 139. The van der Waals surface area contributed by atoms with Gasteiger partial charge in [0.05, 0.1) is 75.3 Å². The standard InChI is InChI=1S/C28H29N5O20S6/c1-15-11-19(20(47-2)14-22(15)57(39,40)9-7-48-55-53-51-36)31-32-26-21(54-52-50-35)12-16-13-23(58(41,42)43)27(25(29)24(16)28(26)34)33-30-17-3-5-18(6-4-17)56(37,38)10-8-49-59(44,45)46/h3-6,11-14,34-36H,7-10,29H2,1-2H3,(H,41,42,43)(H,44,45,46). The predicted octanol–water partition coefficient (Wildman–Crippen LogP) is 5.32. The SMILES string of the molecule is COc1cc(S(=O)(=O)CCOSOOO)c(C)cc1N=Nc1c(SOOO)cc2cc(S(=O)(=O)O)c(N=Nc3ccc(S(=O)(=O)CCOS(=O)(=O)O)cc3)c(N)c2c1O. The van der Waals surface area contributed by atoms with Gasteiger partial charge in [-0.1, -0.05) is 10.1 Å². The van der Waals surface area contributed by atoms with Gasteiger partial charge in [0.15, 0.2) is 37.7 Å². The molecule has 0 bridgehead atoms. The number of hydrogen-bond donors (Lipinski definition) is 6. The summed E-state index contributed by atoms with van der Waals surface area (Å²) in [6.07, 6.45) is 0. The number of nitrogen functional groups attached to an aromatic ring is 1. The van der Waals surface area contributed by atoms with E-state index in [0.29, 0.717) is 0 Å². The van der Waals surface area contributed by atoms with Gasteiger partial charge < -0.3 is 15.6 Å². The molecule has 31 heteroatoms. The Kier molecular flexibility index (Phi) is 16.1. The number of hydrogen-bond acceptors (Lipinski definition) is 25. The van der Waals surface area contributed by atoms with Crippen LogP contribution in [0.4, 0.5) is 28.4 Å². The Balaban J connectivity index is 1.78. The summed E-state index contributed by atoms with van der Waals surface area (Å²) in [4.78, 5) is -1.58. The molecule has 322 valence electrons. The van der Waals surface area contributed by atoms with E-state index in [0.717, 1.165) is 42.5 Å². The van der Waals surface area contributed by atoms with Crippen molar-refractivity contribution in [3.63, 3.8) is 0 Å². The minimum absolute atomic E-state index is 0.0616. The highest BCUT2D eigenvalue weighted by Crippen LogP contribution is 2.50. The second-order valence-corrected chi connectivity index (χ2v) is 19.0. The van der Waals surface area contributed by atoms with Gasteiger partial charge in [0.1, 0.15) is 27.7 Å². The third-order valence-corrected chi connectivity index (χ3v) is 13.2. The van der Waals surface area contributed by atoms with E-state index in [9.17, 15) is 43.3 Å². The molecule has 0 amide bonds. The second kappa shape index (κ2) is 19.9. The van der Waals surface area contributed by atoms with Gasteiger partial charge in [0.25, 0.3) is 10.1 Å². The molecule has 0 spiro atoms. The number of methoxy groups -OCH3 is 1. The number of phenols is 1. The number of sulfone groups is 2. The molecule has 59 heavy (non-hydrogen) atoms. The first-order chi connectivity index (χ1) is 27.6. The summed E-state index contributed by atoms with van der Waals surface area (Å²) in [5.74, 6) is -2.25. The summed E-state index contributed by atoms with van der Waals surface area (Å²) in [5.41, 5.74) is 4.64. The summed E-state index contributed by atoms with van der Waals surface area (Å²) in [7, 11) is -16.9. The lowest BCUT2D eigenvalue weighted by atomic mass is 10.1. The number of nitrogens with zero attached hydrogens (tertiary/aromatic N) is 4. The molecule has 0 radical (unpaired) electrons. The zero-order chi connectivity index (χ0) is 43.8. The second-order valence-electron chi connectivity index (χ2n) is 11.1. The molecule has 4 rings (SSSR count). The maximum atomic E-state index is 13.0. The maximum absolute atomic E-state index is 13.0. The van der Waals surface area contributed by atoms with Crippen molar-refractivity contribution in [1.29, 1.82) is 0 Å². The summed E-state index contributed by atoms with van der Waals surface area (Å²) >= 11 is 0.447. The van der Waals surface area contributed by atoms with Crippen LogP contribution in [0.2, 0.25) is 0 Å².